The van der Waals surface area contributed by atoms with Gasteiger partial charge in [0.05, 0.1) is 25.0 Å². The van der Waals surface area contributed by atoms with Crippen molar-refractivity contribution in [2.24, 2.45) is 0 Å². The number of carbonyl (C=O) groups is 1. The number of aryl methyl sites for hydroxylation is 1. The van der Waals surface area contributed by atoms with Crippen LogP contribution < -0.4 is 0 Å². The summed E-state index contributed by atoms with van der Waals surface area (Å²) in [4.78, 5) is 18.4. The normalized spacial score (nSPS) is 19.1. The second kappa shape index (κ2) is 5.81. The largest absolute Gasteiger partial charge is 0.444 e. The molecular formula is C16H22N4O3. The van der Waals surface area contributed by atoms with Crippen molar-refractivity contribution in [2.75, 3.05) is 19.7 Å². The van der Waals surface area contributed by atoms with Crippen LogP contribution in [0.2, 0.25) is 0 Å². The number of ether oxygens (including phenoxy) is 2. The van der Waals surface area contributed by atoms with Gasteiger partial charge in [0.25, 0.3) is 0 Å². The lowest BCUT2D eigenvalue weighted by Crippen LogP contribution is -2.45. The third-order valence-electron chi connectivity index (χ3n) is 3.56. The van der Waals surface area contributed by atoms with E-state index in [1.165, 1.54) is 0 Å². The maximum absolute atomic E-state index is 12.3. The molecule has 0 N–H and O–H groups in total. The van der Waals surface area contributed by atoms with Crippen molar-refractivity contribution < 1.29 is 14.3 Å². The highest BCUT2D eigenvalue weighted by Gasteiger charge is 2.30. The molecule has 7 nitrogen and oxygen atoms in total. The van der Waals surface area contributed by atoms with E-state index in [9.17, 15) is 4.79 Å². The topological polar surface area (TPSA) is 69.0 Å². The summed E-state index contributed by atoms with van der Waals surface area (Å²) in [7, 11) is 0. The van der Waals surface area contributed by atoms with Crippen LogP contribution in [0.5, 0.6) is 0 Å². The van der Waals surface area contributed by atoms with E-state index in [2.05, 4.69) is 10.1 Å². The number of aromatic nitrogens is 3. The Kier molecular flexibility index (Phi) is 3.97. The first-order chi connectivity index (χ1) is 10.8. The summed E-state index contributed by atoms with van der Waals surface area (Å²) in [5.41, 5.74) is 2.06. The Morgan fingerprint density at radius 2 is 2.22 bits per heavy atom. The zero-order chi connectivity index (χ0) is 16.6. The minimum Gasteiger partial charge on any atom is -0.444 e. The summed E-state index contributed by atoms with van der Waals surface area (Å²) in [5, 5.41) is 4.30. The highest BCUT2D eigenvalue weighted by Crippen LogP contribution is 2.24. The Bertz CT molecular complexity index is 720. The molecule has 0 spiro atoms. The number of rotatable bonds is 1. The van der Waals surface area contributed by atoms with Crippen molar-refractivity contribution in [2.45, 2.75) is 39.4 Å². The number of fused-ring (bicyclic) bond motifs is 1. The van der Waals surface area contributed by atoms with Gasteiger partial charge in [-0.25, -0.2) is 14.3 Å². The maximum Gasteiger partial charge on any atom is 0.410 e. The Morgan fingerprint density at radius 1 is 1.43 bits per heavy atom. The number of hydrogen-bond acceptors (Lipinski definition) is 5. The molecule has 1 atom stereocenters. The maximum atomic E-state index is 12.3. The molecule has 0 aliphatic carbocycles. The average molecular weight is 318 g/mol. The van der Waals surface area contributed by atoms with E-state index in [4.69, 9.17) is 9.47 Å². The van der Waals surface area contributed by atoms with Crippen LogP contribution in [0.25, 0.3) is 5.65 Å². The van der Waals surface area contributed by atoms with E-state index < -0.39 is 5.60 Å². The van der Waals surface area contributed by atoms with Crippen LogP contribution in [0.15, 0.2) is 18.3 Å². The zero-order valence-corrected chi connectivity index (χ0v) is 13.9. The van der Waals surface area contributed by atoms with Gasteiger partial charge in [0.1, 0.15) is 11.7 Å². The number of nitrogens with zero attached hydrogens (tertiary/aromatic N) is 4. The van der Waals surface area contributed by atoms with Gasteiger partial charge in [0, 0.05) is 18.3 Å². The quantitative estimate of drug-likeness (QED) is 0.807. The van der Waals surface area contributed by atoms with E-state index in [1.54, 1.807) is 15.6 Å². The van der Waals surface area contributed by atoms with Crippen LogP contribution in [0, 0.1) is 6.92 Å². The van der Waals surface area contributed by atoms with Crippen LogP contribution in [-0.2, 0) is 9.47 Å². The van der Waals surface area contributed by atoms with Gasteiger partial charge in [0.2, 0.25) is 0 Å². The second-order valence-electron chi connectivity index (χ2n) is 6.71. The Balaban J connectivity index is 1.83. The summed E-state index contributed by atoms with van der Waals surface area (Å²) in [5.74, 6) is 0. The SMILES string of the molecule is Cc1cc(C2CN(C(=O)OC(C)(C)C)CCO2)n2nccc2n1. The van der Waals surface area contributed by atoms with Crippen molar-refractivity contribution in [1.82, 2.24) is 19.5 Å². The fourth-order valence-corrected chi connectivity index (χ4v) is 2.62. The molecule has 23 heavy (non-hydrogen) atoms. The third-order valence-corrected chi connectivity index (χ3v) is 3.56. The van der Waals surface area contributed by atoms with Crippen LogP contribution in [0.4, 0.5) is 4.79 Å². The predicted octanol–water partition coefficient (Wildman–Crippen LogP) is 2.35. The summed E-state index contributed by atoms with van der Waals surface area (Å²) in [6.07, 6.45) is 1.15. The molecule has 0 bridgehead atoms. The third kappa shape index (κ3) is 3.44. The first kappa shape index (κ1) is 15.7. The van der Waals surface area contributed by atoms with E-state index in [1.807, 2.05) is 39.8 Å². The predicted molar refractivity (Wildman–Crippen MR) is 84.2 cm³/mol. The van der Waals surface area contributed by atoms with Gasteiger partial charge >= 0.3 is 6.09 Å². The van der Waals surface area contributed by atoms with Gasteiger partial charge in [-0.3, -0.25) is 0 Å². The lowest BCUT2D eigenvalue weighted by Gasteiger charge is -2.34. The molecule has 7 heteroatoms. The molecule has 0 saturated carbocycles. The van der Waals surface area contributed by atoms with Gasteiger partial charge in [0.15, 0.2) is 5.65 Å². The highest BCUT2D eigenvalue weighted by atomic mass is 16.6. The monoisotopic (exact) mass is 318 g/mol. The Morgan fingerprint density at radius 3 is 2.96 bits per heavy atom. The van der Waals surface area contributed by atoms with Gasteiger partial charge in [-0.05, 0) is 33.8 Å². The zero-order valence-electron chi connectivity index (χ0n) is 13.9. The number of carbonyl (C=O) groups excluding carboxylic acids is 1. The minimum absolute atomic E-state index is 0.250. The van der Waals surface area contributed by atoms with E-state index in [0.717, 1.165) is 17.0 Å². The van der Waals surface area contributed by atoms with Gasteiger partial charge < -0.3 is 14.4 Å². The van der Waals surface area contributed by atoms with E-state index in [0.29, 0.717) is 19.7 Å². The minimum atomic E-state index is -0.507. The van der Waals surface area contributed by atoms with Crippen LogP contribution in [0.3, 0.4) is 0 Å². The van der Waals surface area contributed by atoms with E-state index in [-0.39, 0.29) is 12.2 Å². The molecule has 1 aliphatic heterocycles. The standard InChI is InChI=1S/C16H22N4O3/c1-11-9-12(20-14(18-11)5-6-17-20)13-10-19(7-8-22-13)15(21)23-16(2,3)4/h5-6,9,13H,7-8,10H2,1-4H3. The Labute approximate surface area is 135 Å². The highest BCUT2D eigenvalue weighted by molar-refractivity contribution is 5.68. The van der Waals surface area contributed by atoms with Crippen molar-refractivity contribution >= 4 is 11.7 Å². The van der Waals surface area contributed by atoms with Gasteiger partial charge in [-0.2, -0.15) is 5.10 Å². The molecule has 1 fully saturated rings. The molecular weight excluding hydrogens is 296 g/mol. The Hall–Kier alpha value is -2.15. The summed E-state index contributed by atoms with van der Waals surface area (Å²) in [6, 6.07) is 3.80. The molecule has 1 saturated heterocycles. The van der Waals surface area contributed by atoms with Gasteiger partial charge in [-0.15, -0.1) is 0 Å². The molecule has 0 aromatic carbocycles. The fourth-order valence-electron chi connectivity index (χ4n) is 2.62. The van der Waals surface area contributed by atoms with Crippen molar-refractivity contribution in [3.8, 4) is 0 Å². The molecule has 0 radical (unpaired) electrons. The van der Waals surface area contributed by atoms with E-state index >= 15 is 0 Å². The smallest absolute Gasteiger partial charge is 0.410 e. The lowest BCUT2D eigenvalue weighted by molar-refractivity contribution is -0.0454. The van der Waals surface area contributed by atoms with Crippen LogP contribution >= 0.6 is 0 Å². The first-order valence-electron chi connectivity index (χ1n) is 7.74. The molecule has 2 aromatic heterocycles. The van der Waals surface area contributed by atoms with Crippen LogP contribution in [0.1, 0.15) is 38.3 Å². The summed E-state index contributed by atoms with van der Waals surface area (Å²) in [6.45, 7) is 8.96. The molecule has 1 aliphatic rings. The molecule has 3 heterocycles. The molecule has 2 aromatic rings. The van der Waals surface area contributed by atoms with Crippen molar-refractivity contribution in [3.05, 3.63) is 29.7 Å². The summed E-state index contributed by atoms with van der Waals surface area (Å²) >= 11 is 0. The summed E-state index contributed by atoms with van der Waals surface area (Å²) < 4.78 is 13.1. The molecule has 1 amide bonds. The number of amides is 1. The average Bonchev–Trinajstić information content (AvgIpc) is 2.92. The van der Waals surface area contributed by atoms with Gasteiger partial charge in [-0.1, -0.05) is 0 Å². The second-order valence-corrected chi connectivity index (χ2v) is 6.71. The molecule has 1 unspecified atom stereocenters. The number of hydrogen-bond donors (Lipinski definition) is 0. The fraction of sp³-hybridized carbons (Fsp3) is 0.562. The first-order valence-corrected chi connectivity index (χ1v) is 7.74. The molecule has 3 rings (SSSR count). The van der Waals surface area contributed by atoms with Crippen molar-refractivity contribution in [3.63, 3.8) is 0 Å². The molecule has 124 valence electrons. The number of morpholine rings is 1. The van der Waals surface area contributed by atoms with Crippen molar-refractivity contribution in [1.29, 1.82) is 0 Å². The van der Waals surface area contributed by atoms with Crippen LogP contribution in [-0.4, -0.2) is 50.9 Å². The lowest BCUT2D eigenvalue weighted by atomic mass is 10.2.